The fourth-order valence-corrected chi connectivity index (χ4v) is 14.4. The number of aliphatic hydroxyl groups is 13. The van der Waals surface area contributed by atoms with Gasteiger partial charge in [-0.05, 0) is 117 Å². The molecule has 4 saturated carbocycles. The number of hydrogen-bond acceptors (Lipinski definition) is 18. The molecule has 0 amide bonds. The molecule has 0 aromatic heterocycles. The molecular weight excluding hydrogens is 865 g/mol. The van der Waals surface area contributed by atoms with Gasteiger partial charge in [0.15, 0.2) is 18.9 Å². The standard InChI is InChI=1S/C43H74O13.C5H10O5/c1-21(2)11-10-14-43(9,56-38-35(52)34(51)33(50)27(20-45)55-38)23-12-16-41(7)30(23)24(46)17-28-40(6)15-13-29(47)39(4,5)36(40)25(18-42(28,41)8)53-37-22(3)31(48)32(49)26(19-44)54-37;6-2-1-10-5(9)4(8)3(2)7/h11,22-38,44-52H,10,12-20H2,1-9H3;2-9H,1H2/t22?,23?,24-,25+,26?,27?,28?,29+,30?,31?,32?,33?,34?,35?,36?,37?,38?,40-,41-,42-,43-;/m1./s1. The van der Waals surface area contributed by atoms with Crippen molar-refractivity contribution in [2.24, 2.45) is 51.2 Å². The Morgan fingerprint density at radius 2 is 1.32 bits per heavy atom. The second-order valence-corrected chi connectivity index (χ2v) is 22.9. The van der Waals surface area contributed by atoms with E-state index in [-0.39, 0.29) is 35.7 Å². The number of aliphatic hydroxyl groups excluding tert-OH is 13. The first-order valence-corrected chi connectivity index (χ1v) is 24.2. The lowest BCUT2D eigenvalue weighted by Gasteiger charge is -2.72. The van der Waals surface area contributed by atoms with Crippen LogP contribution >= 0.6 is 0 Å². The average Bonchev–Trinajstić information content (AvgIpc) is 3.64. The highest BCUT2D eigenvalue weighted by molar-refractivity contribution is 5.22. The summed E-state index contributed by atoms with van der Waals surface area (Å²) in [5.41, 5.74) is -1.56. The van der Waals surface area contributed by atoms with Crippen LogP contribution in [0.3, 0.4) is 0 Å². The van der Waals surface area contributed by atoms with Crippen LogP contribution < -0.4 is 0 Å². The largest absolute Gasteiger partial charge is 0.394 e. The number of fused-ring (bicyclic) bond motifs is 5. The second-order valence-electron chi connectivity index (χ2n) is 22.9. The van der Waals surface area contributed by atoms with Crippen LogP contribution in [0.15, 0.2) is 11.6 Å². The normalized spacial score (nSPS) is 52.1. The molecule has 0 spiro atoms. The molecule has 3 aliphatic heterocycles. The predicted molar refractivity (Wildman–Crippen MR) is 235 cm³/mol. The molecule has 18 heteroatoms. The maximum Gasteiger partial charge on any atom is 0.187 e. The van der Waals surface area contributed by atoms with Crippen molar-refractivity contribution in [2.75, 3.05) is 19.8 Å². The van der Waals surface area contributed by atoms with E-state index in [0.29, 0.717) is 38.5 Å². The molecule has 7 fully saturated rings. The van der Waals surface area contributed by atoms with Crippen LogP contribution in [0.5, 0.6) is 0 Å². The van der Waals surface area contributed by atoms with Crippen molar-refractivity contribution < 1.29 is 90.1 Å². The highest BCUT2D eigenvalue weighted by atomic mass is 16.7. The summed E-state index contributed by atoms with van der Waals surface area (Å²) in [5, 5.41) is 133. The molecular formula is C48H84O18. The minimum atomic E-state index is -1.58. The minimum Gasteiger partial charge on any atom is -0.394 e. The van der Waals surface area contributed by atoms with Crippen LogP contribution in [-0.4, -0.2) is 190 Å². The van der Waals surface area contributed by atoms with Gasteiger partial charge in [-0.25, -0.2) is 0 Å². The van der Waals surface area contributed by atoms with Gasteiger partial charge in [-0.2, -0.15) is 0 Å². The van der Waals surface area contributed by atoms with Crippen LogP contribution in [0.1, 0.15) is 114 Å². The SMILES string of the molecule is CC(C)=CCC[C@@](C)(OC1OC(CO)C(O)C(O)C1O)C1CC[C@]2(C)C1[C@H](O)CC1[C@@]3(C)CC[C@H](O)C(C)(C)C3[C@@H](OC3OC(CO)C(O)C(O)C3C)C[C@]12C.OC1COC(O)C(O)C1O. The predicted octanol–water partition coefficient (Wildman–Crippen LogP) is -0.187. The van der Waals surface area contributed by atoms with Crippen LogP contribution in [0.25, 0.3) is 0 Å². The maximum atomic E-state index is 12.6. The van der Waals surface area contributed by atoms with Crippen molar-refractivity contribution in [3.8, 4) is 0 Å². The van der Waals surface area contributed by atoms with Gasteiger partial charge in [-0.1, -0.05) is 53.2 Å². The van der Waals surface area contributed by atoms with E-state index < -0.39 is 139 Å². The Balaban J connectivity index is 0.000000637. The Bertz CT molecular complexity index is 1630. The van der Waals surface area contributed by atoms with Gasteiger partial charge in [0.25, 0.3) is 0 Å². The molecule has 13 N–H and O–H groups in total. The van der Waals surface area contributed by atoms with Gasteiger partial charge < -0.3 is 90.1 Å². The lowest BCUT2D eigenvalue weighted by molar-refractivity contribution is -0.344. The van der Waals surface area contributed by atoms with Crippen LogP contribution in [0, 0.1) is 51.2 Å². The zero-order chi connectivity index (χ0) is 49.2. The Kier molecular flexibility index (Phi) is 16.7. The smallest absolute Gasteiger partial charge is 0.187 e. The van der Waals surface area contributed by atoms with Crippen LogP contribution in [-0.2, 0) is 23.7 Å². The monoisotopic (exact) mass is 949 g/mol. The van der Waals surface area contributed by atoms with Gasteiger partial charge >= 0.3 is 0 Å². The summed E-state index contributed by atoms with van der Waals surface area (Å²) >= 11 is 0. The van der Waals surface area contributed by atoms with E-state index in [0.717, 1.165) is 18.4 Å². The number of allylic oxidation sites excluding steroid dienone is 2. The molecule has 3 heterocycles. The Morgan fingerprint density at radius 3 is 1.91 bits per heavy atom. The summed E-state index contributed by atoms with van der Waals surface area (Å²) in [6.45, 7) is 17.8. The molecule has 7 rings (SSSR count). The summed E-state index contributed by atoms with van der Waals surface area (Å²) in [7, 11) is 0. The fourth-order valence-electron chi connectivity index (χ4n) is 14.4. The van der Waals surface area contributed by atoms with E-state index in [9.17, 15) is 46.0 Å². The Labute approximate surface area is 389 Å². The highest BCUT2D eigenvalue weighted by Crippen LogP contribution is 2.76. The number of rotatable bonds is 10. The third-order valence-electron chi connectivity index (χ3n) is 18.4. The Morgan fingerprint density at radius 1 is 0.712 bits per heavy atom. The van der Waals surface area contributed by atoms with Gasteiger partial charge in [0.05, 0.1) is 49.8 Å². The summed E-state index contributed by atoms with van der Waals surface area (Å²) in [6.07, 6.45) is -11.1. The summed E-state index contributed by atoms with van der Waals surface area (Å²) < 4.78 is 30.4. The fraction of sp³-hybridized carbons (Fsp3) is 0.958. The number of hydrogen-bond donors (Lipinski definition) is 13. The molecule has 384 valence electrons. The summed E-state index contributed by atoms with van der Waals surface area (Å²) in [4.78, 5) is 0. The van der Waals surface area contributed by atoms with Crippen molar-refractivity contribution in [3.05, 3.63) is 11.6 Å². The zero-order valence-corrected chi connectivity index (χ0v) is 40.3. The first-order chi connectivity index (χ1) is 30.6. The van der Waals surface area contributed by atoms with Crippen molar-refractivity contribution in [1.29, 1.82) is 0 Å². The van der Waals surface area contributed by atoms with E-state index in [1.165, 1.54) is 0 Å². The van der Waals surface area contributed by atoms with E-state index >= 15 is 0 Å². The van der Waals surface area contributed by atoms with Crippen molar-refractivity contribution in [3.63, 3.8) is 0 Å². The van der Waals surface area contributed by atoms with E-state index in [1.54, 1.807) is 6.92 Å². The van der Waals surface area contributed by atoms with Crippen LogP contribution in [0.2, 0.25) is 0 Å². The van der Waals surface area contributed by atoms with Gasteiger partial charge in [0, 0.05) is 5.92 Å². The molecule has 0 aromatic carbocycles. The first-order valence-electron chi connectivity index (χ1n) is 24.2. The van der Waals surface area contributed by atoms with Crippen LogP contribution in [0.4, 0.5) is 0 Å². The third-order valence-corrected chi connectivity index (χ3v) is 18.4. The molecule has 18 unspecified atom stereocenters. The molecule has 0 radical (unpaired) electrons. The average molecular weight is 949 g/mol. The topological polar surface area (TPSA) is 309 Å². The quantitative estimate of drug-likeness (QED) is 0.0998. The zero-order valence-electron chi connectivity index (χ0n) is 40.3. The summed E-state index contributed by atoms with van der Waals surface area (Å²) in [6, 6.07) is 0. The summed E-state index contributed by atoms with van der Waals surface area (Å²) in [5.74, 6) is -1.11. The molecule has 25 atom stereocenters. The molecule has 3 saturated heterocycles. The van der Waals surface area contributed by atoms with E-state index in [1.807, 2.05) is 20.8 Å². The molecule has 0 bridgehead atoms. The molecule has 4 aliphatic carbocycles. The first kappa shape index (κ1) is 54.4. The Hall–Kier alpha value is -0.980. The van der Waals surface area contributed by atoms with E-state index in [4.69, 9.17) is 39.4 Å². The van der Waals surface area contributed by atoms with Gasteiger partial charge in [0.1, 0.15) is 54.9 Å². The lowest BCUT2D eigenvalue weighted by Crippen LogP contribution is -2.70. The highest BCUT2D eigenvalue weighted by Gasteiger charge is 2.74. The van der Waals surface area contributed by atoms with Gasteiger partial charge in [0.2, 0.25) is 0 Å². The van der Waals surface area contributed by atoms with Crippen molar-refractivity contribution in [2.45, 2.75) is 218 Å². The van der Waals surface area contributed by atoms with E-state index in [2.05, 4.69) is 45.4 Å². The molecule has 0 aromatic rings. The van der Waals surface area contributed by atoms with Crippen molar-refractivity contribution in [1.82, 2.24) is 0 Å². The van der Waals surface area contributed by atoms with Gasteiger partial charge in [-0.15, -0.1) is 0 Å². The second kappa shape index (κ2) is 20.3. The lowest BCUT2D eigenvalue weighted by atomic mass is 9.34. The molecule has 66 heavy (non-hydrogen) atoms. The van der Waals surface area contributed by atoms with Crippen molar-refractivity contribution >= 4 is 0 Å². The maximum absolute atomic E-state index is 12.6. The number of ether oxygens (including phenoxy) is 5. The third kappa shape index (κ3) is 9.47. The minimum absolute atomic E-state index is 0.0622. The molecule has 18 nitrogen and oxygen atoms in total. The van der Waals surface area contributed by atoms with Gasteiger partial charge in [-0.3, -0.25) is 0 Å². The molecule has 7 aliphatic rings.